The molecule has 3 heteroatoms. The number of phenolic OH excluding ortho intramolecular Hbond substituents is 1. The highest BCUT2D eigenvalue weighted by Gasteiger charge is 2.39. The highest BCUT2D eigenvalue weighted by Crippen LogP contribution is 2.45. The van der Waals surface area contributed by atoms with Crippen LogP contribution in [0.15, 0.2) is 24.3 Å². The predicted molar refractivity (Wildman–Crippen MR) is 96.8 cm³/mol. The fourth-order valence-electron chi connectivity index (χ4n) is 4.12. The minimum Gasteiger partial charge on any atom is -0.508 e. The van der Waals surface area contributed by atoms with Gasteiger partial charge in [0.25, 0.3) is 0 Å². The first-order chi connectivity index (χ1) is 11.2. The Morgan fingerprint density at radius 3 is 2.67 bits per heavy atom. The number of aliphatic hydroxyl groups is 1. The second kappa shape index (κ2) is 7.69. The summed E-state index contributed by atoms with van der Waals surface area (Å²) in [5.74, 6) is 1.53. The molecular weight excluding hydrogens is 300 g/mol. The van der Waals surface area contributed by atoms with E-state index in [0.29, 0.717) is 36.0 Å². The summed E-state index contributed by atoms with van der Waals surface area (Å²) in [4.78, 5) is 12.8. The number of carbonyl (C=O) groups excluding carboxylic acids is 1. The molecule has 0 radical (unpaired) electrons. The van der Waals surface area contributed by atoms with Crippen molar-refractivity contribution in [2.45, 2.75) is 65.9 Å². The summed E-state index contributed by atoms with van der Waals surface area (Å²) >= 11 is 0. The summed E-state index contributed by atoms with van der Waals surface area (Å²) in [6.45, 7) is 8.94. The number of Topliss-reactive ketones (excluding diaryl/α,β-unsaturated/α-hetero) is 1. The maximum Gasteiger partial charge on any atom is 0.136 e. The standard InChI is InChI=1S/C21H32O3/c1-14(2)17-10-11-21(3,4)13-18(17)20(24)9-8-19(23)15-6-5-7-16(22)12-15/h5-7,12,14,17-19,22-23H,8-11,13H2,1-4H3. The van der Waals surface area contributed by atoms with Gasteiger partial charge in [-0.3, -0.25) is 4.79 Å². The molecule has 2 rings (SSSR count). The highest BCUT2D eigenvalue weighted by molar-refractivity contribution is 5.81. The van der Waals surface area contributed by atoms with Gasteiger partial charge in [0.05, 0.1) is 6.10 Å². The molecule has 0 amide bonds. The van der Waals surface area contributed by atoms with E-state index >= 15 is 0 Å². The van der Waals surface area contributed by atoms with Crippen molar-refractivity contribution >= 4 is 5.78 Å². The summed E-state index contributed by atoms with van der Waals surface area (Å²) in [5.41, 5.74) is 0.905. The van der Waals surface area contributed by atoms with E-state index in [9.17, 15) is 15.0 Å². The Kier molecular flexibility index (Phi) is 6.08. The first-order valence-electron chi connectivity index (χ1n) is 9.19. The van der Waals surface area contributed by atoms with Crippen molar-refractivity contribution < 1.29 is 15.0 Å². The molecule has 134 valence electrons. The van der Waals surface area contributed by atoms with Crippen molar-refractivity contribution in [2.24, 2.45) is 23.2 Å². The van der Waals surface area contributed by atoms with E-state index in [1.807, 2.05) is 0 Å². The molecule has 2 N–H and O–H groups in total. The maximum atomic E-state index is 12.8. The zero-order valence-corrected chi connectivity index (χ0v) is 15.5. The van der Waals surface area contributed by atoms with Crippen LogP contribution in [0, 0.1) is 23.2 Å². The van der Waals surface area contributed by atoms with Gasteiger partial charge in [-0.15, -0.1) is 0 Å². The SMILES string of the molecule is CC(C)C1CCC(C)(C)CC1C(=O)CCC(O)c1cccc(O)c1. The van der Waals surface area contributed by atoms with Gasteiger partial charge in [0.1, 0.15) is 11.5 Å². The summed E-state index contributed by atoms with van der Waals surface area (Å²) in [6, 6.07) is 6.65. The Morgan fingerprint density at radius 2 is 2.04 bits per heavy atom. The number of ketones is 1. The topological polar surface area (TPSA) is 57.5 Å². The van der Waals surface area contributed by atoms with Gasteiger partial charge in [-0.2, -0.15) is 0 Å². The van der Waals surface area contributed by atoms with Crippen LogP contribution in [0.25, 0.3) is 0 Å². The number of hydrogen-bond donors (Lipinski definition) is 2. The Bertz CT molecular complexity index is 562. The molecule has 3 nitrogen and oxygen atoms in total. The van der Waals surface area contributed by atoms with E-state index in [1.54, 1.807) is 24.3 Å². The molecule has 1 saturated carbocycles. The van der Waals surface area contributed by atoms with Gasteiger partial charge in [0, 0.05) is 12.3 Å². The molecule has 0 saturated heterocycles. The van der Waals surface area contributed by atoms with Crippen LogP contribution < -0.4 is 0 Å². The Hall–Kier alpha value is -1.35. The molecule has 1 aliphatic carbocycles. The molecule has 3 unspecified atom stereocenters. The van der Waals surface area contributed by atoms with Crippen molar-refractivity contribution in [2.75, 3.05) is 0 Å². The molecule has 1 aromatic rings. The quantitative estimate of drug-likeness (QED) is 0.781. The number of aliphatic hydroxyl groups excluding tert-OH is 1. The second-order valence-corrected chi connectivity index (χ2v) is 8.54. The van der Waals surface area contributed by atoms with Crippen LogP contribution in [0.5, 0.6) is 5.75 Å². The van der Waals surface area contributed by atoms with Gasteiger partial charge in [0.2, 0.25) is 0 Å². The fraction of sp³-hybridized carbons (Fsp3) is 0.667. The third-order valence-electron chi connectivity index (χ3n) is 5.63. The lowest BCUT2D eigenvalue weighted by molar-refractivity contribution is -0.128. The molecule has 1 aromatic carbocycles. The van der Waals surface area contributed by atoms with Gasteiger partial charge in [-0.1, -0.05) is 39.8 Å². The fourth-order valence-corrected chi connectivity index (χ4v) is 4.12. The normalized spacial score (nSPS) is 24.8. The average molecular weight is 332 g/mol. The summed E-state index contributed by atoms with van der Waals surface area (Å²) in [5, 5.41) is 19.8. The minimum absolute atomic E-state index is 0.116. The Morgan fingerprint density at radius 1 is 1.33 bits per heavy atom. The second-order valence-electron chi connectivity index (χ2n) is 8.54. The van der Waals surface area contributed by atoms with Gasteiger partial charge in [-0.25, -0.2) is 0 Å². The Labute approximate surface area is 146 Å². The first kappa shape index (κ1) is 19.0. The smallest absolute Gasteiger partial charge is 0.136 e. The van der Waals surface area contributed by atoms with Gasteiger partial charge >= 0.3 is 0 Å². The van der Waals surface area contributed by atoms with Crippen LogP contribution >= 0.6 is 0 Å². The summed E-state index contributed by atoms with van der Waals surface area (Å²) < 4.78 is 0. The van der Waals surface area contributed by atoms with Gasteiger partial charge in [0.15, 0.2) is 0 Å². The molecule has 0 heterocycles. The highest BCUT2D eigenvalue weighted by atomic mass is 16.3. The number of benzene rings is 1. The lowest BCUT2D eigenvalue weighted by Crippen LogP contribution is -2.37. The number of aromatic hydroxyl groups is 1. The van der Waals surface area contributed by atoms with E-state index < -0.39 is 6.10 Å². The average Bonchev–Trinajstić information content (AvgIpc) is 2.51. The lowest BCUT2D eigenvalue weighted by atomic mass is 9.62. The molecule has 1 aliphatic rings. The lowest BCUT2D eigenvalue weighted by Gasteiger charge is -2.42. The molecule has 0 bridgehead atoms. The number of hydrogen-bond acceptors (Lipinski definition) is 3. The zero-order valence-electron chi connectivity index (χ0n) is 15.5. The maximum absolute atomic E-state index is 12.8. The van der Waals surface area contributed by atoms with Crippen LogP contribution in [0.4, 0.5) is 0 Å². The Balaban J connectivity index is 1.99. The number of phenols is 1. The largest absolute Gasteiger partial charge is 0.508 e. The summed E-state index contributed by atoms with van der Waals surface area (Å²) in [6.07, 6.45) is 3.39. The van der Waals surface area contributed by atoms with Crippen LogP contribution in [-0.4, -0.2) is 16.0 Å². The molecular formula is C21H32O3. The molecule has 24 heavy (non-hydrogen) atoms. The predicted octanol–water partition coefficient (Wildman–Crippen LogP) is 4.87. The van der Waals surface area contributed by atoms with E-state index in [-0.39, 0.29) is 17.1 Å². The van der Waals surface area contributed by atoms with Gasteiger partial charge in [-0.05, 0) is 60.6 Å². The van der Waals surface area contributed by atoms with Crippen molar-refractivity contribution in [3.05, 3.63) is 29.8 Å². The van der Waals surface area contributed by atoms with Crippen molar-refractivity contribution in [3.63, 3.8) is 0 Å². The van der Waals surface area contributed by atoms with E-state index in [0.717, 1.165) is 12.8 Å². The van der Waals surface area contributed by atoms with Crippen molar-refractivity contribution in [1.29, 1.82) is 0 Å². The third-order valence-corrected chi connectivity index (χ3v) is 5.63. The number of carbonyl (C=O) groups is 1. The molecule has 3 atom stereocenters. The minimum atomic E-state index is -0.699. The summed E-state index contributed by atoms with van der Waals surface area (Å²) in [7, 11) is 0. The monoisotopic (exact) mass is 332 g/mol. The van der Waals surface area contributed by atoms with Gasteiger partial charge < -0.3 is 10.2 Å². The van der Waals surface area contributed by atoms with E-state index in [1.165, 1.54) is 6.42 Å². The molecule has 1 fully saturated rings. The molecule has 0 spiro atoms. The zero-order chi connectivity index (χ0) is 17.9. The van der Waals surface area contributed by atoms with Crippen LogP contribution in [-0.2, 0) is 4.79 Å². The third kappa shape index (κ3) is 4.83. The molecule has 0 aromatic heterocycles. The van der Waals surface area contributed by atoms with Crippen LogP contribution in [0.1, 0.15) is 71.5 Å². The van der Waals surface area contributed by atoms with Crippen molar-refractivity contribution in [1.82, 2.24) is 0 Å². The molecule has 0 aliphatic heterocycles. The van der Waals surface area contributed by atoms with Crippen molar-refractivity contribution in [3.8, 4) is 5.75 Å². The number of rotatable bonds is 6. The first-order valence-corrected chi connectivity index (χ1v) is 9.19. The van der Waals surface area contributed by atoms with Crippen LogP contribution in [0.3, 0.4) is 0 Å². The van der Waals surface area contributed by atoms with E-state index in [4.69, 9.17) is 0 Å². The van der Waals surface area contributed by atoms with E-state index in [2.05, 4.69) is 27.7 Å². The van der Waals surface area contributed by atoms with Crippen LogP contribution in [0.2, 0.25) is 0 Å².